The van der Waals surface area contributed by atoms with Crippen LogP contribution < -0.4 is 0 Å². The molecule has 1 fully saturated rings. The van der Waals surface area contributed by atoms with E-state index in [4.69, 9.17) is 4.74 Å². The summed E-state index contributed by atoms with van der Waals surface area (Å²) in [6, 6.07) is 0. The van der Waals surface area contributed by atoms with Gasteiger partial charge in [-0.3, -0.25) is 0 Å². The van der Waals surface area contributed by atoms with E-state index in [9.17, 15) is 0 Å². The van der Waals surface area contributed by atoms with Crippen molar-refractivity contribution in [3.63, 3.8) is 0 Å². The Morgan fingerprint density at radius 3 is 3.00 bits per heavy atom. The van der Waals surface area contributed by atoms with Crippen LogP contribution >= 0.6 is 0 Å². The zero-order valence-electron chi connectivity index (χ0n) is 7.18. The van der Waals surface area contributed by atoms with Crippen molar-refractivity contribution in [2.45, 2.75) is 45.1 Å². The van der Waals surface area contributed by atoms with Crippen LogP contribution in [-0.2, 0) is 4.74 Å². The van der Waals surface area contributed by atoms with Gasteiger partial charge in [0, 0.05) is 12.3 Å². The van der Waals surface area contributed by atoms with Crippen molar-refractivity contribution in [3.05, 3.63) is 11.8 Å². The Labute approximate surface area is 68.4 Å². The van der Waals surface area contributed by atoms with E-state index in [1.165, 1.54) is 31.4 Å². The lowest BCUT2D eigenvalue weighted by molar-refractivity contribution is 0.0794. The second kappa shape index (κ2) is 2.88. The second-order valence-corrected chi connectivity index (χ2v) is 3.59. The quantitative estimate of drug-likeness (QED) is 0.561. The van der Waals surface area contributed by atoms with Crippen molar-refractivity contribution >= 4 is 0 Å². The highest BCUT2D eigenvalue weighted by Gasteiger charge is 2.30. The van der Waals surface area contributed by atoms with E-state index in [0.717, 1.165) is 12.3 Å². The number of fused-ring (bicyclic) bond motifs is 1. The molecule has 1 nitrogen and oxygen atoms in total. The fraction of sp³-hybridized carbons (Fsp3) is 0.800. The molecule has 0 aromatic heterocycles. The molecule has 1 heteroatoms. The molecule has 0 radical (unpaired) electrons. The molecule has 2 rings (SSSR count). The summed E-state index contributed by atoms with van der Waals surface area (Å²) in [6.45, 7) is 2.17. The number of rotatable bonds is 1. The van der Waals surface area contributed by atoms with Gasteiger partial charge in [0.25, 0.3) is 0 Å². The molecule has 1 aliphatic heterocycles. The van der Waals surface area contributed by atoms with Crippen LogP contribution in [0, 0.1) is 5.92 Å². The minimum atomic E-state index is 0.554. The van der Waals surface area contributed by atoms with Crippen LogP contribution in [0.25, 0.3) is 0 Å². The number of hydrogen-bond donors (Lipinski definition) is 0. The molecule has 2 aliphatic rings. The van der Waals surface area contributed by atoms with Crippen molar-refractivity contribution in [1.29, 1.82) is 0 Å². The summed E-state index contributed by atoms with van der Waals surface area (Å²) in [7, 11) is 0. The van der Waals surface area contributed by atoms with Crippen molar-refractivity contribution in [2.24, 2.45) is 5.92 Å². The Bertz CT molecular complexity index is 172. The minimum Gasteiger partial charge on any atom is -0.494 e. The standard InChI is InChI=1S/C10H16O/c1-2-9-7-8-5-3-4-6-10(8)11-9/h7-8,10H,2-6H2,1H3. The highest BCUT2D eigenvalue weighted by molar-refractivity contribution is 5.07. The van der Waals surface area contributed by atoms with Gasteiger partial charge in [-0.15, -0.1) is 0 Å². The molecule has 1 saturated carbocycles. The first-order valence-electron chi connectivity index (χ1n) is 4.77. The summed E-state index contributed by atoms with van der Waals surface area (Å²) in [5, 5.41) is 0. The summed E-state index contributed by atoms with van der Waals surface area (Å²) in [6.07, 6.45) is 9.39. The summed E-state index contributed by atoms with van der Waals surface area (Å²) < 4.78 is 5.78. The highest BCUT2D eigenvalue weighted by atomic mass is 16.5. The third kappa shape index (κ3) is 1.29. The summed E-state index contributed by atoms with van der Waals surface area (Å²) >= 11 is 0. The Morgan fingerprint density at radius 2 is 2.27 bits per heavy atom. The molecule has 0 bridgehead atoms. The van der Waals surface area contributed by atoms with Crippen molar-refractivity contribution in [3.8, 4) is 0 Å². The molecule has 1 aliphatic carbocycles. The maximum atomic E-state index is 5.78. The van der Waals surface area contributed by atoms with Gasteiger partial charge < -0.3 is 4.74 Å². The van der Waals surface area contributed by atoms with Gasteiger partial charge in [0.1, 0.15) is 6.10 Å². The third-order valence-electron chi connectivity index (χ3n) is 2.80. The predicted molar refractivity (Wildman–Crippen MR) is 45.2 cm³/mol. The zero-order chi connectivity index (χ0) is 7.68. The normalized spacial score (nSPS) is 35.9. The average Bonchev–Trinajstić information content (AvgIpc) is 2.46. The van der Waals surface area contributed by atoms with Crippen LogP contribution in [-0.4, -0.2) is 6.10 Å². The van der Waals surface area contributed by atoms with E-state index in [-0.39, 0.29) is 0 Å². The fourth-order valence-corrected chi connectivity index (χ4v) is 2.14. The molecule has 0 amide bonds. The van der Waals surface area contributed by atoms with Crippen LogP contribution in [0.15, 0.2) is 11.8 Å². The largest absolute Gasteiger partial charge is 0.494 e. The zero-order valence-corrected chi connectivity index (χ0v) is 7.18. The smallest absolute Gasteiger partial charge is 0.105 e. The molecule has 0 aromatic carbocycles. The first kappa shape index (κ1) is 7.20. The molecule has 0 spiro atoms. The van der Waals surface area contributed by atoms with Crippen LogP contribution in [0.2, 0.25) is 0 Å². The predicted octanol–water partition coefficient (Wildman–Crippen LogP) is 2.87. The monoisotopic (exact) mass is 152 g/mol. The summed E-state index contributed by atoms with van der Waals surface area (Å²) in [5.74, 6) is 2.00. The number of hydrogen-bond acceptors (Lipinski definition) is 1. The lowest BCUT2D eigenvalue weighted by Gasteiger charge is -2.23. The molecule has 1 heterocycles. The SMILES string of the molecule is CCC1=CC2CCCCC2O1. The number of ether oxygens (including phenoxy) is 1. The van der Waals surface area contributed by atoms with Gasteiger partial charge in [-0.25, -0.2) is 0 Å². The molecule has 0 saturated heterocycles. The molecule has 2 atom stereocenters. The fourth-order valence-electron chi connectivity index (χ4n) is 2.14. The Balaban J connectivity index is 2.02. The van der Waals surface area contributed by atoms with Crippen molar-refractivity contribution < 1.29 is 4.74 Å². The minimum absolute atomic E-state index is 0.554. The molecule has 0 aromatic rings. The van der Waals surface area contributed by atoms with Gasteiger partial charge >= 0.3 is 0 Å². The van der Waals surface area contributed by atoms with Gasteiger partial charge in [0.05, 0.1) is 5.76 Å². The molecule has 2 unspecified atom stereocenters. The van der Waals surface area contributed by atoms with Gasteiger partial charge in [-0.1, -0.05) is 13.3 Å². The van der Waals surface area contributed by atoms with Gasteiger partial charge in [-0.05, 0) is 25.3 Å². The molecular formula is C10H16O. The van der Waals surface area contributed by atoms with Crippen LogP contribution in [0.4, 0.5) is 0 Å². The maximum Gasteiger partial charge on any atom is 0.105 e. The van der Waals surface area contributed by atoms with E-state index in [1.54, 1.807) is 0 Å². The molecular weight excluding hydrogens is 136 g/mol. The Morgan fingerprint density at radius 1 is 1.45 bits per heavy atom. The average molecular weight is 152 g/mol. The van der Waals surface area contributed by atoms with E-state index in [2.05, 4.69) is 13.0 Å². The van der Waals surface area contributed by atoms with Gasteiger partial charge in [0.15, 0.2) is 0 Å². The van der Waals surface area contributed by atoms with Crippen LogP contribution in [0.3, 0.4) is 0 Å². The van der Waals surface area contributed by atoms with E-state index >= 15 is 0 Å². The summed E-state index contributed by atoms with van der Waals surface area (Å²) in [4.78, 5) is 0. The summed E-state index contributed by atoms with van der Waals surface area (Å²) in [5.41, 5.74) is 0. The Hall–Kier alpha value is -0.460. The third-order valence-corrected chi connectivity index (χ3v) is 2.80. The van der Waals surface area contributed by atoms with Gasteiger partial charge in [-0.2, -0.15) is 0 Å². The maximum absolute atomic E-state index is 5.78. The van der Waals surface area contributed by atoms with E-state index in [0.29, 0.717) is 6.10 Å². The number of allylic oxidation sites excluding steroid dienone is 1. The van der Waals surface area contributed by atoms with Gasteiger partial charge in [0.2, 0.25) is 0 Å². The Kier molecular flexibility index (Phi) is 1.89. The van der Waals surface area contributed by atoms with Crippen molar-refractivity contribution in [2.75, 3.05) is 0 Å². The first-order chi connectivity index (χ1) is 5.40. The molecule has 0 N–H and O–H groups in total. The second-order valence-electron chi connectivity index (χ2n) is 3.59. The van der Waals surface area contributed by atoms with Crippen LogP contribution in [0.1, 0.15) is 39.0 Å². The lowest BCUT2D eigenvalue weighted by atomic mass is 9.87. The lowest BCUT2D eigenvalue weighted by Crippen LogP contribution is -2.20. The van der Waals surface area contributed by atoms with Crippen molar-refractivity contribution in [1.82, 2.24) is 0 Å². The first-order valence-corrected chi connectivity index (χ1v) is 4.77. The highest BCUT2D eigenvalue weighted by Crippen LogP contribution is 2.35. The van der Waals surface area contributed by atoms with E-state index in [1.807, 2.05) is 0 Å². The topological polar surface area (TPSA) is 9.23 Å². The molecule has 11 heavy (non-hydrogen) atoms. The molecule has 62 valence electrons. The van der Waals surface area contributed by atoms with Crippen LogP contribution in [0.5, 0.6) is 0 Å². The van der Waals surface area contributed by atoms with E-state index < -0.39 is 0 Å².